The molecular formula is C13H16N2O2S. The van der Waals surface area contributed by atoms with Crippen molar-refractivity contribution in [2.45, 2.75) is 6.92 Å². The quantitative estimate of drug-likeness (QED) is 0.643. The summed E-state index contributed by atoms with van der Waals surface area (Å²) in [4.78, 5) is 12.0. The highest BCUT2D eigenvalue weighted by Gasteiger charge is 2.11. The first-order valence-electron chi connectivity index (χ1n) is 5.85. The predicted octanol–water partition coefficient (Wildman–Crippen LogP) is 2.25. The molecule has 2 rings (SSSR count). The highest BCUT2D eigenvalue weighted by atomic mass is 32.1. The minimum Gasteiger partial charge on any atom is -0.399 e. The lowest BCUT2D eigenvalue weighted by molar-refractivity contribution is 0.0924. The van der Waals surface area contributed by atoms with Gasteiger partial charge in [0.05, 0.1) is 12.2 Å². The molecule has 5 heteroatoms. The molecule has 0 atom stereocenters. The van der Waals surface area contributed by atoms with Crippen LogP contribution in [0.5, 0.6) is 0 Å². The zero-order valence-corrected chi connectivity index (χ0v) is 11.0. The lowest BCUT2D eigenvalue weighted by Crippen LogP contribution is -2.27. The minimum atomic E-state index is -0.0773. The average Bonchev–Trinajstić information content (AvgIpc) is 2.77. The summed E-state index contributed by atoms with van der Waals surface area (Å²) in [5.74, 6) is -0.0773. The Balaban J connectivity index is 2.10. The maximum atomic E-state index is 12.0. The summed E-state index contributed by atoms with van der Waals surface area (Å²) in [6.07, 6.45) is 0. The average molecular weight is 264 g/mol. The van der Waals surface area contributed by atoms with E-state index in [1.807, 2.05) is 30.5 Å². The first kappa shape index (κ1) is 12.9. The number of benzene rings is 1. The summed E-state index contributed by atoms with van der Waals surface area (Å²) >= 11 is 1.55. The van der Waals surface area contributed by atoms with Crippen LogP contribution < -0.4 is 11.1 Å². The van der Waals surface area contributed by atoms with Gasteiger partial charge in [-0.25, -0.2) is 0 Å². The van der Waals surface area contributed by atoms with Gasteiger partial charge >= 0.3 is 0 Å². The number of anilines is 1. The van der Waals surface area contributed by atoms with Gasteiger partial charge in [-0.2, -0.15) is 0 Å². The van der Waals surface area contributed by atoms with Gasteiger partial charge in [-0.3, -0.25) is 4.79 Å². The number of hydrogen-bond donors (Lipinski definition) is 2. The normalized spacial score (nSPS) is 10.7. The number of thiophene rings is 1. The van der Waals surface area contributed by atoms with Gasteiger partial charge in [0.1, 0.15) is 0 Å². The van der Waals surface area contributed by atoms with Crippen molar-refractivity contribution in [2.75, 3.05) is 25.5 Å². The number of nitrogen functional groups attached to an aromatic ring is 1. The number of fused-ring (bicyclic) bond motifs is 1. The molecule has 0 radical (unpaired) electrons. The van der Waals surface area contributed by atoms with E-state index >= 15 is 0 Å². The molecule has 0 bridgehead atoms. The Kier molecular flexibility index (Phi) is 4.17. The van der Waals surface area contributed by atoms with Crippen molar-refractivity contribution < 1.29 is 9.53 Å². The SMILES string of the molecule is CCOCCNC(=O)c1csc2ccc(N)cc12. The smallest absolute Gasteiger partial charge is 0.252 e. The van der Waals surface area contributed by atoms with E-state index in [0.29, 0.717) is 31.0 Å². The molecule has 96 valence electrons. The van der Waals surface area contributed by atoms with Crippen molar-refractivity contribution in [3.05, 3.63) is 29.1 Å². The zero-order valence-electron chi connectivity index (χ0n) is 10.2. The predicted molar refractivity (Wildman–Crippen MR) is 75.1 cm³/mol. The fraction of sp³-hybridized carbons (Fsp3) is 0.308. The summed E-state index contributed by atoms with van der Waals surface area (Å²) in [6.45, 7) is 3.64. The van der Waals surface area contributed by atoms with Gasteiger partial charge < -0.3 is 15.8 Å². The maximum Gasteiger partial charge on any atom is 0.252 e. The molecule has 1 aromatic carbocycles. The number of hydrogen-bond acceptors (Lipinski definition) is 4. The number of rotatable bonds is 5. The van der Waals surface area contributed by atoms with E-state index in [-0.39, 0.29) is 5.91 Å². The van der Waals surface area contributed by atoms with Crippen LogP contribution in [0.3, 0.4) is 0 Å². The van der Waals surface area contributed by atoms with Gasteiger partial charge in [0.2, 0.25) is 0 Å². The Morgan fingerprint density at radius 3 is 3.11 bits per heavy atom. The summed E-state index contributed by atoms with van der Waals surface area (Å²) in [5, 5.41) is 5.61. The third-order valence-electron chi connectivity index (χ3n) is 2.58. The molecule has 18 heavy (non-hydrogen) atoms. The summed E-state index contributed by atoms with van der Waals surface area (Å²) in [7, 11) is 0. The topological polar surface area (TPSA) is 64.3 Å². The van der Waals surface area contributed by atoms with Crippen LogP contribution in [-0.4, -0.2) is 25.7 Å². The molecule has 2 aromatic rings. The van der Waals surface area contributed by atoms with Crippen LogP contribution in [0.1, 0.15) is 17.3 Å². The summed E-state index contributed by atoms with van der Waals surface area (Å²) < 4.78 is 6.24. The molecule has 0 saturated carbocycles. The molecule has 4 nitrogen and oxygen atoms in total. The third-order valence-corrected chi connectivity index (χ3v) is 3.54. The van der Waals surface area contributed by atoms with Crippen molar-refractivity contribution in [3.63, 3.8) is 0 Å². The second-order valence-electron chi connectivity index (χ2n) is 3.86. The number of amides is 1. The second-order valence-corrected chi connectivity index (χ2v) is 4.77. The molecule has 0 aliphatic heterocycles. The molecular weight excluding hydrogens is 248 g/mol. The van der Waals surface area contributed by atoms with Gasteiger partial charge in [-0.1, -0.05) is 0 Å². The molecule has 1 amide bonds. The Morgan fingerprint density at radius 1 is 1.50 bits per heavy atom. The van der Waals surface area contributed by atoms with Crippen LogP contribution in [0, 0.1) is 0 Å². The highest BCUT2D eigenvalue weighted by molar-refractivity contribution is 7.17. The van der Waals surface area contributed by atoms with Gasteiger partial charge in [0.25, 0.3) is 5.91 Å². The van der Waals surface area contributed by atoms with Gasteiger partial charge in [0.15, 0.2) is 0 Å². The van der Waals surface area contributed by atoms with E-state index in [1.54, 1.807) is 11.3 Å². The van der Waals surface area contributed by atoms with E-state index in [1.165, 1.54) is 0 Å². The molecule has 1 heterocycles. The van der Waals surface area contributed by atoms with E-state index in [2.05, 4.69) is 5.32 Å². The van der Waals surface area contributed by atoms with Crippen LogP contribution >= 0.6 is 11.3 Å². The second kappa shape index (κ2) is 5.84. The molecule has 1 aromatic heterocycles. The summed E-state index contributed by atoms with van der Waals surface area (Å²) in [6, 6.07) is 5.62. The molecule has 0 spiro atoms. The first-order valence-corrected chi connectivity index (χ1v) is 6.73. The molecule has 3 N–H and O–H groups in total. The standard InChI is InChI=1S/C13H16N2O2S/c1-2-17-6-5-15-13(16)11-8-18-12-4-3-9(14)7-10(11)12/h3-4,7-8H,2,5-6,14H2,1H3,(H,15,16). The van der Waals surface area contributed by atoms with Crippen LogP contribution in [0.4, 0.5) is 5.69 Å². The van der Waals surface area contributed by atoms with Crippen LogP contribution in [0.2, 0.25) is 0 Å². The monoisotopic (exact) mass is 264 g/mol. The molecule has 0 aliphatic rings. The Morgan fingerprint density at radius 2 is 2.33 bits per heavy atom. The molecule has 0 saturated heterocycles. The van der Waals surface area contributed by atoms with E-state index in [9.17, 15) is 4.79 Å². The Bertz CT molecular complexity index is 551. The summed E-state index contributed by atoms with van der Waals surface area (Å²) in [5.41, 5.74) is 7.09. The Labute approximate surface area is 110 Å². The molecule has 0 aliphatic carbocycles. The zero-order chi connectivity index (χ0) is 13.0. The lowest BCUT2D eigenvalue weighted by Gasteiger charge is -2.04. The van der Waals surface area contributed by atoms with Crippen LogP contribution in [0.25, 0.3) is 10.1 Å². The van der Waals surface area contributed by atoms with Gasteiger partial charge in [-0.15, -0.1) is 11.3 Å². The van der Waals surface area contributed by atoms with Crippen LogP contribution in [0.15, 0.2) is 23.6 Å². The lowest BCUT2D eigenvalue weighted by atomic mass is 10.1. The first-order chi connectivity index (χ1) is 8.72. The third kappa shape index (κ3) is 2.80. The maximum absolute atomic E-state index is 12.0. The molecule has 0 fully saturated rings. The van der Waals surface area contributed by atoms with Crippen molar-refractivity contribution in [1.29, 1.82) is 0 Å². The van der Waals surface area contributed by atoms with Crippen molar-refractivity contribution in [2.24, 2.45) is 0 Å². The Hall–Kier alpha value is -1.59. The van der Waals surface area contributed by atoms with E-state index in [0.717, 1.165) is 10.1 Å². The van der Waals surface area contributed by atoms with E-state index in [4.69, 9.17) is 10.5 Å². The number of nitrogens with two attached hydrogens (primary N) is 1. The van der Waals surface area contributed by atoms with Crippen molar-refractivity contribution >= 4 is 33.0 Å². The van der Waals surface area contributed by atoms with Crippen molar-refractivity contribution in [1.82, 2.24) is 5.32 Å². The van der Waals surface area contributed by atoms with Crippen LogP contribution in [-0.2, 0) is 4.74 Å². The largest absolute Gasteiger partial charge is 0.399 e. The fourth-order valence-corrected chi connectivity index (χ4v) is 2.62. The van der Waals surface area contributed by atoms with Gasteiger partial charge in [-0.05, 0) is 25.1 Å². The van der Waals surface area contributed by atoms with Gasteiger partial charge in [0, 0.05) is 34.3 Å². The molecule has 0 unspecified atom stereocenters. The number of ether oxygens (including phenoxy) is 1. The van der Waals surface area contributed by atoms with Crippen molar-refractivity contribution in [3.8, 4) is 0 Å². The highest BCUT2D eigenvalue weighted by Crippen LogP contribution is 2.27. The minimum absolute atomic E-state index is 0.0773. The number of carbonyl (C=O) groups excluding carboxylic acids is 1. The van der Waals surface area contributed by atoms with E-state index < -0.39 is 0 Å². The fourth-order valence-electron chi connectivity index (χ4n) is 1.70. The number of nitrogens with one attached hydrogen (secondary N) is 1. The number of carbonyl (C=O) groups is 1.